The molecule has 5 nitrogen and oxygen atoms in total. The van der Waals surface area contributed by atoms with Gasteiger partial charge in [-0.2, -0.15) is 0 Å². The van der Waals surface area contributed by atoms with Gasteiger partial charge < -0.3 is 9.80 Å². The molecule has 0 aromatic carbocycles. The Hall–Kier alpha value is -1.65. The summed E-state index contributed by atoms with van der Waals surface area (Å²) in [5.74, 6) is 4.04. The third-order valence-corrected chi connectivity index (χ3v) is 6.02. The number of likely N-dealkylation sites (tertiary alicyclic amines) is 1. The Morgan fingerprint density at radius 3 is 2.41 bits per heavy atom. The molecule has 118 valence electrons. The van der Waals surface area contributed by atoms with Crippen LogP contribution in [0.15, 0.2) is 6.20 Å². The average Bonchev–Trinajstić information content (AvgIpc) is 3.18. The van der Waals surface area contributed by atoms with Gasteiger partial charge in [0, 0.05) is 33.4 Å². The van der Waals surface area contributed by atoms with Crippen molar-refractivity contribution in [3.05, 3.63) is 17.5 Å². The van der Waals surface area contributed by atoms with Gasteiger partial charge in [0.25, 0.3) is 5.91 Å². The molecule has 0 unspecified atom stereocenters. The first-order chi connectivity index (χ1) is 10.5. The van der Waals surface area contributed by atoms with Crippen LogP contribution in [0.3, 0.4) is 0 Å². The second-order valence-electron chi connectivity index (χ2n) is 7.43. The highest BCUT2D eigenvalue weighted by Gasteiger charge is 2.52. The van der Waals surface area contributed by atoms with E-state index < -0.39 is 0 Å². The molecule has 3 aliphatic rings. The SMILES string of the molecule is Cc1nc(N(C)C)ncc1C(=O)N1C[C@@H]2[C@@H]3CC[C@@H](C3)[C@@H]2C1. The van der Waals surface area contributed by atoms with Gasteiger partial charge in [0.15, 0.2) is 0 Å². The number of hydrogen-bond acceptors (Lipinski definition) is 4. The van der Waals surface area contributed by atoms with E-state index in [1.807, 2.05) is 25.9 Å². The van der Waals surface area contributed by atoms with Gasteiger partial charge in [0.05, 0.1) is 11.3 Å². The zero-order valence-corrected chi connectivity index (χ0v) is 13.6. The minimum atomic E-state index is 0.122. The van der Waals surface area contributed by atoms with Gasteiger partial charge in [-0.25, -0.2) is 9.97 Å². The van der Waals surface area contributed by atoms with Gasteiger partial charge in [-0.3, -0.25) is 4.79 Å². The number of fused-ring (bicyclic) bond motifs is 5. The lowest BCUT2D eigenvalue weighted by molar-refractivity contribution is 0.0774. The molecule has 5 heteroatoms. The molecule has 2 heterocycles. The summed E-state index contributed by atoms with van der Waals surface area (Å²) < 4.78 is 0. The molecular weight excluding hydrogens is 276 g/mol. The van der Waals surface area contributed by atoms with Gasteiger partial charge in [0.2, 0.25) is 5.95 Å². The smallest absolute Gasteiger partial charge is 0.257 e. The van der Waals surface area contributed by atoms with E-state index in [1.165, 1.54) is 19.3 Å². The fraction of sp³-hybridized carbons (Fsp3) is 0.706. The Labute approximate surface area is 131 Å². The van der Waals surface area contributed by atoms with Crippen LogP contribution in [0.5, 0.6) is 0 Å². The maximum Gasteiger partial charge on any atom is 0.257 e. The quantitative estimate of drug-likeness (QED) is 0.838. The lowest BCUT2D eigenvalue weighted by Gasteiger charge is -2.22. The summed E-state index contributed by atoms with van der Waals surface area (Å²) >= 11 is 0. The van der Waals surface area contributed by atoms with E-state index in [1.54, 1.807) is 6.20 Å². The number of aromatic nitrogens is 2. The number of amides is 1. The van der Waals surface area contributed by atoms with Crippen molar-refractivity contribution in [3.63, 3.8) is 0 Å². The van der Waals surface area contributed by atoms with Crippen LogP contribution in [0.4, 0.5) is 5.95 Å². The number of carbonyl (C=O) groups is 1. The highest BCUT2D eigenvalue weighted by molar-refractivity contribution is 5.95. The largest absolute Gasteiger partial charge is 0.347 e. The van der Waals surface area contributed by atoms with Crippen molar-refractivity contribution in [1.29, 1.82) is 0 Å². The van der Waals surface area contributed by atoms with Gasteiger partial charge in [-0.1, -0.05) is 0 Å². The standard InChI is InChI=1S/C17H24N4O/c1-10-13(7-18-17(19-10)20(2)3)16(22)21-8-14-11-4-5-12(6-11)15(14)9-21/h7,11-12,14-15H,4-6,8-9H2,1-3H3/t11-,12+,14-,15+. The van der Waals surface area contributed by atoms with Crippen LogP contribution in [0.25, 0.3) is 0 Å². The second-order valence-corrected chi connectivity index (χ2v) is 7.43. The molecule has 1 aliphatic heterocycles. The molecule has 4 rings (SSSR count). The van der Waals surface area contributed by atoms with Crippen LogP contribution in [-0.4, -0.2) is 48.0 Å². The topological polar surface area (TPSA) is 49.3 Å². The maximum atomic E-state index is 12.8. The molecule has 1 saturated heterocycles. The van der Waals surface area contributed by atoms with Crippen molar-refractivity contribution >= 4 is 11.9 Å². The Balaban J connectivity index is 1.53. The van der Waals surface area contributed by atoms with Gasteiger partial charge in [-0.15, -0.1) is 0 Å². The number of anilines is 1. The molecule has 1 amide bonds. The third kappa shape index (κ3) is 2.02. The zero-order valence-electron chi connectivity index (χ0n) is 13.6. The van der Waals surface area contributed by atoms with Crippen LogP contribution in [-0.2, 0) is 0 Å². The third-order valence-electron chi connectivity index (χ3n) is 6.02. The van der Waals surface area contributed by atoms with Crippen LogP contribution >= 0.6 is 0 Å². The second kappa shape index (κ2) is 4.93. The van der Waals surface area contributed by atoms with Crippen LogP contribution in [0.1, 0.15) is 35.3 Å². The minimum absolute atomic E-state index is 0.122. The summed E-state index contributed by atoms with van der Waals surface area (Å²) in [5.41, 5.74) is 1.45. The molecular formula is C17H24N4O. The van der Waals surface area contributed by atoms with E-state index in [9.17, 15) is 4.79 Å². The van der Waals surface area contributed by atoms with Crippen LogP contribution < -0.4 is 4.90 Å². The highest BCUT2D eigenvalue weighted by atomic mass is 16.2. The molecule has 2 bridgehead atoms. The summed E-state index contributed by atoms with van der Waals surface area (Å²) in [7, 11) is 3.82. The maximum absolute atomic E-state index is 12.8. The number of rotatable bonds is 2. The molecule has 22 heavy (non-hydrogen) atoms. The van der Waals surface area contributed by atoms with Crippen LogP contribution in [0, 0.1) is 30.6 Å². The fourth-order valence-corrected chi connectivity index (χ4v) is 4.90. The van der Waals surface area contributed by atoms with E-state index in [-0.39, 0.29) is 5.91 Å². The van der Waals surface area contributed by atoms with Crippen molar-refractivity contribution in [2.45, 2.75) is 26.2 Å². The van der Waals surface area contributed by atoms with E-state index in [0.29, 0.717) is 11.5 Å². The van der Waals surface area contributed by atoms with Crippen molar-refractivity contribution < 1.29 is 4.79 Å². The Bertz CT molecular complexity index is 597. The van der Waals surface area contributed by atoms with E-state index >= 15 is 0 Å². The predicted molar refractivity (Wildman–Crippen MR) is 84.8 cm³/mol. The molecule has 2 aliphatic carbocycles. The summed E-state index contributed by atoms with van der Waals surface area (Å²) in [4.78, 5) is 25.5. The number of aryl methyl sites for hydroxylation is 1. The minimum Gasteiger partial charge on any atom is -0.347 e. The Morgan fingerprint density at radius 2 is 1.86 bits per heavy atom. The average molecular weight is 300 g/mol. The van der Waals surface area contributed by atoms with Gasteiger partial charge in [-0.05, 0) is 49.9 Å². The first-order valence-corrected chi connectivity index (χ1v) is 8.35. The van der Waals surface area contributed by atoms with Crippen molar-refractivity contribution in [2.75, 3.05) is 32.1 Å². The summed E-state index contributed by atoms with van der Waals surface area (Å²) in [6.07, 6.45) is 5.88. The van der Waals surface area contributed by atoms with E-state index in [0.717, 1.165) is 42.5 Å². The van der Waals surface area contributed by atoms with E-state index in [4.69, 9.17) is 0 Å². The number of carbonyl (C=O) groups excluding carboxylic acids is 1. The Kier molecular flexibility index (Phi) is 3.13. The summed E-state index contributed by atoms with van der Waals surface area (Å²) in [6, 6.07) is 0. The number of hydrogen-bond donors (Lipinski definition) is 0. The van der Waals surface area contributed by atoms with Crippen molar-refractivity contribution in [2.24, 2.45) is 23.7 Å². The first-order valence-electron chi connectivity index (χ1n) is 8.35. The molecule has 1 aromatic rings. The lowest BCUT2D eigenvalue weighted by atomic mass is 9.82. The molecule has 2 saturated carbocycles. The van der Waals surface area contributed by atoms with Gasteiger partial charge >= 0.3 is 0 Å². The first kappa shape index (κ1) is 14.0. The normalized spacial score (nSPS) is 32.4. The Morgan fingerprint density at radius 1 is 1.23 bits per heavy atom. The monoisotopic (exact) mass is 300 g/mol. The molecule has 0 radical (unpaired) electrons. The fourth-order valence-electron chi connectivity index (χ4n) is 4.90. The molecule has 1 aromatic heterocycles. The van der Waals surface area contributed by atoms with Crippen molar-refractivity contribution in [3.8, 4) is 0 Å². The molecule has 0 N–H and O–H groups in total. The number of nitrogens with zero attached hydrogens (tertiary/aromatic N) is 4. The molecule has 4 atom stereocenters. The molecule has 3 fully saturated rings. The predicted octanol–water partition coefficient (Wildman–Crippen LogP) is 1.97. The lowest BCUT2D eigenvalue weighted by Crippen LogP contribution is -2.31. The summed E-state index contributed by atoms with van der Waals surface area (Å²) in [6.45, 7) is 3.79. The molecule has 0 spiro atoms. The summed E-state index contributed by atoms with van der Waals surface area (Å²) in [5, 5.41) is 0. The van der Waals surface area contributed by atoms with Crippen molar-refractivity contribution in [1.82, 2.24) is 14.9 Å². The highest BCUT2D eigenvalue weighted by Crippen LogP contribution is 2.55. The van der Waals surface area contributed by atoms with Crippen LogP contribution in [0.2, 0.25) is 0 Å². The zero-order chi connectivity index (χ0) is 15.4. The van der Waals surface area contributed by atoms with E-state index in [2.05, 4.69) is 14.9 Å². The van der Waals surface area contributed by atoms with Gasteiger partial charge in [0.1, 0.15) is 0 Å².